The second kappa shape index (κ2) is 9.02. The van der Waals surface area contributed by atoms with Crippen molar-refractivity contribution in [2.75, 3.05) is 12.9 Å². The highest BCUT2D eigenvalue weighted by molar-refractivity contribution is 7.99. The van der Waals surface area contributed by atoms with Gasteiger partial charge in [0.25, 0.3) is 5.56 Å². The Kier molecular flexibility index (Phi) is 6.09. The highest BCUT2D eigenvalue weighted by atomic mass is 32.2. The van der Waals surface area contributed by atoms with Crippen molar-refractivity contribution in [1.82, 2.24) is 9.55 Å². The maximum absolute atomic E-state index is 14.4. The molecule has 0 radical (unpaired) electrons. The quantitative estimate of drug-likeness (QED) is 0.315. The Bertz CT molecular complexity index is 1220. The van der Waals surface area contributed by atoms with Crippen LogP contribution in [0.15, 0.2) is 58.5 Å². The van der Waals surface area contributed by atoms with E-state index in [-0.39, 0.29) is 11.0 Å². The Morgan fingerprint density at radius 3 is 2.58 bits per heavy atom. The first kappa shape index (κ1) is 22.3. The lowest BCUT2D eigenvalue weighted by molar-refractivity contribution is 0.407. The van der Waals surface area contributed by atoms with Gasteiger partial charge in [0.2, 0.25) is 0 Å². The minimum Gasteiger partial charge on any atom is -0.495 e. The maximum atomic E-state index is 14.4. The molecule has 1 saturated carbocycles. The van der Waals surface area contributed by atoms with Crippen molar-refractivity contribution >= 4 is 11.8 Å². The number of nitrogens with zero attached hydrogens (tertiary/aromatic N) is 2. The van der Waals surface area contributed by atoms with E-state index in [4.69, 9.17) is 9.72 Å². The predicted octanol–water partition coefficient (Wildman–Crippen LogP) is 6.41. The van der Waals surface area contributed by atoms with Gasteiger partial charge in [-0.25, -0.2) is 4.98 Å². The van der Waals surface area contributed by atoms with E-state index >= 15 is 0 Å². The van der Waals surface area contributed by atoms with Crippen molar-refractivity contribution in [3.8, 4) is 22.7 Å². The van der Waals surface area contributed by atoms with Gasteiger partial charge in [0, 0.05) is 16.7 Å². The highest BCUT2D eigenvalue weighted by Crippen LogP contribution is 2.50. The number of fused-ring (bicyclic) bond motifs is 4. The van der Waals surface area contributed by atoms with E-state index < -0.39 is 0 Å². The highest BCUT2D eigenvalue weighted by Gasteiger charge is 2.44. The molecule has 2 aliphatic rings. The second-order valence-electron chi connectivity index (χ2n) is 9.78. The summed E-state index contributed by atoms with van der Waals surface area (Å²) in [6, 6.07) is 16.3. The van der Waals surface area contributed by atoms with Gasteiger partial charge in [-0.1, -0.05) is 74.8 Å². The number of methoxy groups -OCH3 is 1. The third-order valence-electron chi connectivity index (χ3n) is 7.20. The average Bonchev–Trinajstić information content (AvgIpc) is 3.27. The Balaban J connectivity index is 1.79. The molecule has 0 bridgehead atoms. The van der Waals surface area contributed by atoms with Gasteiger partial charge in [0.15, 0.2) is 5.16 Å². The standard InChI is InChI=1S/C28H32N2O2S/c1-19(2)14-17-33-27-29-25-21-11-5-4-10-20(21)18-28(15-8-9-16-28)24(25)26(31)30(27)22-12-6-7-13-23(22)32-3/h4-7,10-13,19H,8-9,14-18H2,1-3H3. The van der Waals surface area contributed by atoms with Crippen LogP contribution in [0, 0.1) is 5.92 Å². The zero-order valence-electron chi connectivity index (χ0n) is 19.8. The monoisotopic (exact) mass is 460 g/mol. The van der Waals surface area contributed by atoms with Crippen molar-refractivity contribution in [2.45, 2.75) is 62.9 Å². The van der Waals surface area contributed by atoms with Gasteiger partial charge in [0.05, 0.1) is 24.1 Å². The van der Waals surface area contributed by atoms with E-state index in [2.05, 4.69) is 38.1 Å². The third-order valence-corrected chi connectivity index (χ3v) is 8.17. The minimum absolute atomic E-state index is 0.0768. The Morgan fingerprint density at radius 1 is 1.09 bits per heavy atom. The number of hydrogen-bond acceptors (Lipinski definition) is 4. The van der Waals surface area contributed by atoms with Crippen LogP contribution in [-0.2, 0) is 11.8 Å². The number of benzene rings is 2. The summed E-state index contributed by atoms with van der Waals surface area (Å²) in [5.74, 6) is 2.22. The normalized spacial score (nSPS) is 16.1. The van der Waals surface area contributed by atoms with E-state index in [1.807, 2.05) is 28.8 Å². The molecule has 0 saturated heterocycles. The SMILES string of the molecule is COc1ccccc1-n1c(SCCC(C)C)nc2c(c1=O)C1(CCCC1)Cc1ccccc1-2. The summed E-state index contributed by atoms with van der Waals surface area (Å²) >= 11 is 1.68. The van der Waals surface area contributed by atoms with E-state index in [9.17, 15) is 4.79 Å². The lowest BCUT2D eigenvalue weighted by Gasteiger charge is -2.36. The smallest absolute Gasteiger partial charge is 0.263 e. The van der Waals surface area contributed by atoms with Crippen LogP contribution in [-0.4, -0.2) is 22.4 Å². The fourth-order valence-electron chi connectivity index (χ4n) is 5.52. The molecule has 33 heavy (non-hydrogen) atoms. The molecule has 0 unspecified atom stereocenters. The number of rotatable bonds is 6. The molecule has 1 heterocycles. The molecule has 0 amide bonds. The van der Waals surface area contributed by atoms with Crippen LogP contribution in [0.3, 0.4) is 0 Å². The molecule has 2 aliphatic carbocycles. The van der Waals surface area contributed by atoms with Crippen LogP contribution >= 0.6 is 11.8 Å². The minimum atomic E-state index is -0.112. The van der Waals surface area contributed by atoms with E-state index in [0.29, 0.717) is 11.7 Å². The summed E-state index contributed by atoms with van der Waals surface area (Å²) in [7, 11) is 1.66. The molecule has 0 N–H and O–H groups in total. The molecule has 3 aromatic rings. The first-order valence-corrected chi connectivity index (χ1v) is 13.0. The molecule has 4 nitrogen and oxygen atoms in total. The Morgan fingerprint density at radius 2 is 1.82 bits per heavy atom. The van der Waals surface area contributed by atoms with Crippen LogP contribution in [0.2, 0.25) is 0 Å². The van der Waals surface area contributed by atoms with Crippen LogP contribution in [0.25, 0.3) is 16.9 Å². The van der Waals surface area contributed by atoms with Crippen molar-refractivity contribution in [2.24, 2.45) is 5.92 Å². The maximum Gasteiger partial charge on any atom is 0.263 e. The average molecular weight is 461 g/mol. The van der Waals surface area contributed by atoms with E-state index in [0.717, 1.165) is 59.1 Å². The Hall–Kier alpha value is -2.53. The molecule has 5 heteroatoms. The first-order valence-electron chi connectivity index (χ1n) is 12.1. The summed E-state index contributed by atoms with van der Waals surface area (Å²) in [4.78, 5) is 19.7. The molecule has 172 valence electrons. The predicted molar refractivity (Wildman–Crippen MR) is 136 cm³/mol. The number of ether oxygens (including phenoxy) is 1. The third kappa shape index (κ3) is 3.90. The van der Waals surface area contributed by atoms with Crippen LogP contribution in [0.4, 0.5) is 0 Å². The van der Waals surface area contributed by atoms with Gasteiger partial charge in [-0.2, -0.15) is 0 Å². The van der Waals surface area contributed by atoms with Crippen LogP contribution in [0.1, 0.15) is 57.1 Å². The lowest BCUT2D eigenvalue weighted by atomic mass is 9.68. The number of hydrogen-bond donors (Lipinski definition) is 0. The summed E-state index contributed by atoms with van der Waals surface area (Å²) in [5.41, 5.74) is 5.01. The number of para-hydroxylation sites is 2. The molecule has 0 atom stereocenters. The van der Waals surface area contributed by atoms with Gasteiger partial charge in [-0.05, 0) is 49.3 Å². The fraction of sp³-hybridized carbons (Fsp3) is 0.429. The van der Waals surface area contributed by atoms with Crippen molar-refractivity contribution < 1.29 is 4.74 Å². The molecule has 2 aromatic carbocycles. The van der Waals surface area contributed by atoms with Crippen LogP contribution in [0.5, 0.6) is 5.75 Å². The van der Waals surface area contributed by atoms with Crippen LogP contribution < -0.4 is 10.3 Å². The first-order chi connectivity index (χ1) is 16.0. The van der Waals surface area contributed by atoms with Gasteiger partial charge in [-0.3, -0.25) is 9.36 Å². The molecular weight excluding hydrogens is 428 g/mol. The molecule has 0 aliphatic heterocycles. The largest absolute Gasteiger partial charge is 0.495 e. The Labute approximate surface area is 200 Å². The summed E-state index contributed by atoms with van der Waals surface area (Å²) < 4.78 is 7.50. The summed E-state index contributed by atoms with van der Waals surface area (Å²) in [5, 5.41) is 0.758. The number of thioether (sulfide) groups is 1. The van der Waals surface area contributed by atoms with Gasteiger partial charge < -0.3 is 4.74 Å². The zero-order chi connectivity index (χ0) is 23.0. The van der Waals surface area contributed by atoms with Gasteiger partial charge >= 0.3 is 0 Å². The van der Waals surface area contributed by atoms with Gasteiger partial charge in [0.1, 0.15) is 5.75 Å². The van der Waals surface area contributed by atoms with Crippen molar-refractivity contribution in [3.63, 3.8) is 0 Å². The van der Waals surface area contributed by atoms with E-state index in [1.54, 1.807) is 18.9 Å². The molecule has 1 spiro atoms. The van der Waals surface area contributed by atoms with Gasteiger partial charge in [-0.15, -0.1) is 0 Å². The number of aromatic nitrogens is 2. The van der Waals surface area contributed by atoms with Crippen molar-refractivity contribution in [1.29, 1.82) is 0 Å². The molecular formula is C28H32N2O2S. The molecule has 5 rings (SSSR count). The fourth-order valence-corrected chi connectivity index (χ4v) is 6.76. The zero-order valence-corrected chi connectivity index (χ0v) is 20.6. The lowest BCUT2D eigenvalue weighted by Crippen LogP contribution is -2.40. The van der Waals surface area contributed by atoms with E-state index in [1.165, 1.54) is 18.4 Å². The molecule has 1 fully saturated rings. The summed E-state index contributed by atoms with van der Waals surface area (Å²) in [6.07, 6.45) is 6.44. The van der Waals surface area contributed by atoms with Crippen molar-refractivity contribution in [3.05, 3.63) is 70.0 Å². The molecule has 1 aromatic heterocycles. The second-order valence-corrected chi connectivity index (χ2v) is 10.8. The topological polar surface area (TPSA) is 44.1 Å². The summed E-state index contributed by atoms with van der Waals surface area (Å²) in [6.45, 7) is 4.46.